The van der Waals surface area contributed by atoms with Gasteiger partial charge < -0.3 is 9.67 Å². The Labute approximate surface area is 129 Å². The molecule has 0 amide bonds. The van der Waals surface area contributed by atoms with Crippen molar-refractivity contribution >= 4 is 5.78 Å². The highest BCUT2D eigenvalue weighted by molar-refractivity contribution is 5.95. The topological polar surface area (TPSA) is 59.3 Å². The molecule has 2 rings (SSSR count). The number of hydrogen-bond donors (Lipinski definition) is 1. The van der Waals surface area contributed by atoms with Crippen LogP contribution in [-0.2, 0) is 6.54 Å². The molecule has 0 aliphatic rings. The van der Waals surface area contributed by atoms with Gasteiger partial charge in [-0.05, 0) is 36.2 Å². The zero-order chi connectivity index (χ0) is 17.0. The summed E-state index contributed by atoms with van der Waals surface area (Å²) in [5, 5.41) is 8.72. The first-order chi connectivity index (χ1) is 10.9. The fourth-order valence-corrected chi connectivity index (χ4v) is 2.14. The molecule has 1 heterocycles. The fourth-order valence-electron chi connectivity index (χ4n) is 2.14. The van der Waals surface area contributed by atoms with E-state index in [0.717, 1.165) is 16.7 Å². The van der Waals surface area contributed by atoms with Crippen LogP contribution in [0.2, 0.25) is 0 Å². The van der Waals surface area contributed by atoms with Crippen LogP contribution in [0.1, 0.15) is 28.8 Å². The number of aromatic nitrogens is 1. The molecule has 0 saturated heterocycles. The number of rotatable bonds is 6. The summed E-state index contributed by atoms with van der Waals surface area (Å²) >= 11 is 0. The van der Waals surface area contributed by atoms with Gasteiger partial charge in [-0.15, -0.1) is 0 Å². The van der Waals surface area contributed by atoms with E-state index in [4.69, 9.17) is 5.11 Å². The molecule has 0 fully saturated rings. The van der Waals surface area contributed by atoms with Crippen molar-refractivity contribution in [3.8, 4) is 0 Å². The molecule has 0 unspecified atom stereocenters. The van der Waals surface area contributed by atoms with Crippen LogP contribution in [0, 0.1) is 17.5 Å². The lowest BCUT2D eigenvalue weighted by Crippen LogP contribution is -2.26. The molecule has 0 bridgehead atoms. The maximum atomic E-state index is 13.2. The van der Waals surface area contributed by atoms with Crippen molar-refractivity contribution in [2.75, 3.05) is 6.61 Å². The molecular weight excluding hydrogens is 311 g/mol. The molecule has 0 spiro atoms. The molecule has 2 aromatic rings. The molecule has 0 aliphatic heterocycles. The summed E-state index contributed by atoms with van der Waals surface area (Å²) < 4.78 is 40.5. The van der Waals surface area contributed by atoms with Crippen LogP contribution < -0.4 is 5.56 Å². The average Bonchev–Trinajstić information content (AvgIpc) is 2.52. The lowest BCUT2D eigenvalue weighted by atomic mass is 10.1. The molecule has 0 radical (unpaired) electrons. The van der Waals surface area contributed by atoms with Gasteiger partial charge in [0.1, 0.15) is 0 Å². The van der Waals surface area contributed by atoms with E-state index in [-0.39, 0.29) is 37.1 Å². The molecule has 1 N–H and O–H groups in total. The van der Waals surface area contributed by atoms with Crippen molar-refractivity contribution < 1.29 is 23.1 Å². The van der Waals surface area contributed by atoms with E-state index in [1.54, 1.807) is 0 Å². The third kappa shape index (κ3) is 3.87. The minimum atomic E-state index is -1.57. The van der Waals surface area contributed by atoms with Crippen molar-refractivity contribution in [2.24, 2.45) is 0 Å². The van der Waals surface area contributed by atoms with E-state index in [0.29, 0.717) is 0 Å². The quantitative estimate of drug-likeness (QED) is 0.655. The van der Waals surface area contributed by atoms with Gasteiger partial charge in [-0.3, -0.25) is 9.59 Å². The molecule has 122 valence electrons. The number of pyridine rings is 1. The number of aliphatic hydroxyl groups is 1. The standard InChI is InChI=1S/C16H14F3NO3/c17-12-7-10(8-13(18)15(12)19)9-20-5-1-3-11(16(20)23)14(22)4-2-6-21/h1,3,5,7-8,21H,2,4,6,9H2. The van der Waals surface area contributed by atoms with Gasteiger partial charge in [0.15, 0.2) is 23.2 Å². The van der Waals surface area contributed by atoms with Crippen LogP contribution in [-0.4, -0.2) is 22.1 Å². The normalized spacial score (nSPS) is 10.8. The highest BCUT2D eigenvalue weighted by Crippen LogP contribution is 2.14. The summed E-state index contributed by atoms with van der Waals surface area (Å²) in [4.78, 5) is 24.1. The number of Topliss-reactive ketones (excluding diaryl/α,β-unsaturated/α-hetero) is 1. The van der Waals surface area contributed by atoms with Gasteiger partial charge in [0, 0.05) is 19.2 Å². The Bertz CT molecular complexity index is 763. The van der Waals surface area contributed by atoms with Gasteiger partial charge in [0.2, 0.25) is 0 Å². The number of ketones is 1. The molecule has 7 heteroatoms. The number of halogens is 3. The van der Waals surface area contributed by atoms with Gasteiger partial charge >= 0.3 is 0 Å². The van der Waals surface area contributed by atoms with Crippen LogP contribution in [0.4, 0.5) is 13.2 Å². The lowest BCUT2D eigenvalue weighted by molar-refractivity contribution is 0.0969. The Morgan fingerprint density at radius 3 is 2.43 bits per heavy atom. The molecule has 0 aliphatic carbocycles. The van der Waals surface area contributed by atoms with Crippen LogP contribution in [0.25, 0.3) is 0 Å². The number of carbonyl (C=O) groups is 1. The summed E-state index contributed by atoms with van der Waals surface area (Å²) in [6.07, 6.45) is 1.63. The zero-order valence-corrected chi connectivity index (χ0v) is 12.1. The van der Waals surface area contributed by atoms with E-state index in [1.165, 1.54) is 18.3 Å². The Balaban J connectivity index is 2.31. The van der Waals surface area contributed by atoms with Crippen molar-refractivity contribution in [1.29, 1.82) is 0 Å². The third-order valence-electron chi connectivity index (χ3n) is 3.28. The highest BCUT2D eigenvalue weighted by atomic mass is 19.2. The SMILES string of the molecule is O=C(CCCO)c1cccn(Cc2cc(F)c(F)c(F)c2)c1=O. The van der Waals surface area contributed by atoms with Gasteiger partial charge in [-0.2, -0.15) is 0 Å². The van der Waals surface area contributed by atoms with E-state index in [9.17, 15) is 22.8 Å². The number of aliphatic hydroxyl groups excluding tert-OH is 1. The molecule has 4 nitrogen and oxygen atoms in total. The summed E-state index contributed by atoms with van der Waals surface area (Å²) in [6, 6.07) is 4.41. The van der Waals surface area contributed by atoms with Gasteiger partial charge in [-0.25, -0.2) is 13.2 Å². The van der Waals surface area contributed by atoms with Crippen LogP contribution in [0.15, 0.2) is 35.3 Å². The lowest BCUT2D eigenvalue weighted by Gasteiger charge is -2.08. The summed E-state index contributed by atoms with van der Waals surface area (Å²) in [5.74, 6) is -4.68. The van der Waals surface area contributed by atoms with Crippen molar-refractivity contribution in [2.45, 2.75) is 19.4 Å². The first-order valence-electron chi connectivity index (χ1n) is 6.91. The van der Waals surface area contributed by atoms with Crippen molar-refractivity contribution in [3.63, 3.8) is 0 Å². The minimum Gasteiger partial charge on any atom is -0.396 e. The third-order valence-corrected chi connectivity index (χ3v) is 3.28. The smallest absolute Gasteiger partial charge is 0.261 e. The number of nitrogens with zero attached hydrogens (tertiary/aromatic N) is 1. The van der Waals surface area contributed by atoms with E-state index >= 15 is 0 Å². The van der Waals surface area contributed by atoms with Gasteiger partial charge in [0.05, 0.1) is 12.1 Å². The first-order valence-corrected chi connectivity index (χ1v) is 6.91. The number of benzene rings is 1. The minimum absolute atomic E-state index is 0.0234. The van der Waals surface area contributed by atoms with E-state index < -0.39 is 28.8 Å². The van der Waals surface area contributed by atoms with Crippen LogP contribution in [0.5, 0.6) is 0 Å². The molecule has 1 aromatic heterocycles. The second kappa shape index (κ2) is 7.23. The van der Waals surface area contributed by atoms with Gasteiger partial charge in [0.25, 0.3) is 5.56 Å². The van der Waals surface area contributed by atoms with Crippen molar-refractivity contribution in [1.82, 2.24) is 4.57 Å². The van der Waals surface area contributed by atoms with Crippen LogP contribution in [0.3, 0.4) is 0 Å². The largest absolute Gasteiger partial charge is 0.396 e. The Morgan fingerprint density at radius 1 is 1.17 bits per heavy atom. The molecule has 0 saturated carbocycles. The maximum absolute atomic E-state index is 13.2. The van der Waals surface area contributed by atoms with E-state index in [2.05, 4.69) is 0 Å². The number of carbonyl (C=O) groups excluding carboxylic acids is 1. The summed E-state index contributed by atoms with van der Waals surface area (Å²) in [7, 11) is 0. The Hall–Kier alpha value is -2.41. The van der Waals surface area contributed by atoms with E-state index in [1.807, 2.05) is 0 Å². The highest BCUT2D eigenvalue weighted by Gasteiger charge is 2.14. The second-order valence-corrected chi connectivity index (χ2v) is 4.98. The molecule has 1 aromatic carbocycles. The monoisotopic (exact) mass is 325 g/mol. The summed E-state index contributed by atoms with van der Waals surface area (Å²) in [6.45, 7) is -0.366. The maximum Gasteiger partial charge on any atom is 0.261 e. The predicted molar refractivity (Wildman–Crippen MR) is 76.8 cm³/mol. The first kappa shape index (κ1) is 17.0. The van der Waals surface area contributed by atoms with Crippen LogP contribution >= 0.6 is 0 Å². The average molecular weight is 325 g/mol. The van der Waals surface area contributed by atoms with Gasteiger partial charge in [-0.1, -0.05) is 0 Å². The predicted octanol–water partition coefficient (Wildman–Crippen LogP) is 2.27. The number of hydrogen-bond acceptors (Lipinski definition) is 3. The molecular formula is C16H14F3NO3. The summed E-state index contributed by atoms with van der Waals surface area (Å²) in [5.41, 5.74) is -0.618. The fraction of sp³-hybridized carbons (Fsp3) is 0.250. The Kier molecular flexibility index (Phi) is 5.33. The molecule has 0 atom stereocenters. The van der Waals surface area contributed by atoms with Crippen molar-refractivity contribution in [3.05, 3.63) is 69.4 Å². The zero-order valence-electron chi connectivity index (χ0n) is 12.1. The Morgan fingerprint density at radius 2 is 1.83 bits per heavy atom. The molecule has 23 heavy (non-hydrogen) atoms. The second-order valence-electron chi connectivity index (χ2n) is 4.98.